The first-order valence-electron chi connectivity index (χ1n) is 10.7. The number of methoxy groups -OCH3 is 1. The van der Waals surface area contributed by atoms with Gasteiger partial charge in [-0.05, 0) is 60.5 Å². The van der Waals surface area contributed by atoms with Crippen LogP contribution in [-0.4, -0.2) is 39.5 Å². The molecule has 0 atom stereocenters. The monoisotopic (exact) mass is 476 g/mol. The van der Waals surface area contributed by atoms with E-state index in [1.165, 1.54) is 12.1 Å². The Labute approximate surface area is 199 Å². The molecule has 34 heavy (non-hydrogen) atoms. The molecule has 1 aliphatic rings. The van der Waals surface area contributed by atoms with Gasteiger partial charge in [-0.3, -0.25) is 9.62 Å². The first-order chi connectivity index (χ1) is 16.4. The lowest BCUT2D eigenvalue weighted by atomic mass is 10.1. The molecule has 1 aliphatic heterocycles. The number of urea groups is 1. The lowest BCUT2D eigenvalue weighted by Gasteiger charge is -2.35. The third-order valence-corrected chi connectivity index (χ3v) is 7.01. The van der Waals surface area contributed by atoms with E-state index in [-0.39, 0.29) is 16.5 Å². The second-order valence-corrected chi connectivity index (χ2v) is 9.47. The third kappa shape index (κ3) is 4.97. The molecular weight excluding hydrogens is 452 g/mol. The van der Waals surface area contributed by atoms with Gasteiger partial charge in [-0.1, -0.05) is 24.3 Å². The van der Waals surface area contributed by atoms with Crippen molar-refractivity contribution in [3.63, 3.8) is 0 Å². The minimum atomic E-state index is -3.92. The second-order valence-electron chi connectivity index (χ2n) is 7.82. The molecule has 3 aromatic carbocycles. The molecule has 3 aromatic rings. The number of nitrogens with one attached hydrogen (secondary N) is 1. The Morgan fingerprint density at radius 1 is 1.00 bits per heavy atom. The summed E-state index contributed by atoms with van der Waals surface area (Å²) in [6.07, 6.45) is 0.821. The van der Waals surface area contributed by atoms with Gasteiger partial charge in [0.15, 0.2) is 0 Å². The average Bonchev–Trinajstić information content (AvgIpc) is 2.86. The van der Waals surface area contributed by atoms with Crippen LogP contribution in [0.15, 0.2) is 77.7 Å². The fourth-order valence-electron chi connectivity index (χ4n) is 3.83. The second kappa shape index (κ2) is 9.85. The average molecular weight is 477 g/mol. The number of nitriles is 1. The Bertz CT molecular complexity index is 1320. The molecule has 0 saturated carbocycles. The zero-order valence-corrected chi connectivity index (χ0v) is 19.5. The van der Waals surface area contributed by atoms with Gasteiger partial charge in [0.2, 0.25) is 0 Å². The molecular formula is C25H24N4O4S. The Balaban J connectivity index is 1.46. The fraction of sp³-hybridized carbons (Fsp3) is 0.200. The van der Waals surface area contributed by atoms with Crippen molar-refractivity contribution in [1.29, 1.82) is 5.26 Å². The largest absolute Gasteiger partial charge is 0.497 e. The van der Waals surface area contributed by atoms with Crippen LogP contribution in [0.4, 0.5) is 16.2 Å². The standard InChI is InChI=1S/C25H24N4O4S/c1-33-23-13-7-19(8-14-23)18-28-15-4-16-29(25(28)30)22-11-9-21(10-12-22)27-34(31,32)24-6-3-2-5-20(24)17-26/h2-3,5-14,27H,4,15-16,18H2,1H3. The van der Waals surface area contributed by atoms with E-state index < -0.39 is 10.0 Å². The van der Waals surface area contributed by atoms with Gasteiger partial charge in [0.1, 0.15) is 16.7 Å². The molecule has 9 heteroatoms. The van der Waals surface area contributed by atoms with E-state index >= 15 is 0 Å². The summed E-state index contributed by atoms with van der Waals surface area (Å²) in [5.41, 5.74) is 2.11. The highest BCUT2D eigenvalue weighted by Crippen LogP contribution is 2.25. The predicted octanol–water partition coefficient (Wildman–Crippen LogP) is 4.20. The number of ether oxygens (including phenoxy) is 1. The molecule has 2 amide bonds. The van der Waals surface area contributed by atoms with Crippen molar-refractivity contribution >= 4 is 27.4 Å². The van der Waals surface area contributed by atoms with Gasteiger partial charge < -0.3 is 9.64 Å². The van der Waals surface area contributed by atoms with Gasteiger partial charge in [-0.25, -0.2) is 13.2 Å². The molecule has 174 valence electrons. The number of amides is 2. The van der Waals surface area contributed by atoms with E-state index in [0.29, 0.717) is 31.0 Å². The zero-order valence-electron chi connectivity index (χ0n) is 18.6. The van der Waals surface area contributed by atoms with Crippen molar-refractivity contribution in [2.45, 2.75) is 17.9 Å². The van der Waals surface area contributed by atoms with Gasteiger partial charge in [0, 0.05) is 31.0 Å². The number of sulfonamides is 1. The number of hydrogen-bond acceptors (Lipinski definition) is 5. The van der Waals surface area contributed by atoms with E-state index in [1.54, 1.807) is 53.3 Å². The molecule has 0 aliphatic carbocycles. The maximum absolute atomic E-state index is 13.1. The summed E-state index contributed by atoms with van der Waals surface area (Å²) in [6.45, 7) is 1.74. The molecule has 4 rings (SSSR count). The normalized spacial score (nSPS) is 13.9. The first kappa shape index (κ1) is 23.1. The zero-order chi connectivity index (χ0) is 24.1. The van der Waals surface area contributed by atoms with Crippen LogP contribution in [0.2, 0.25) is 0 Å². The minimum absolute atomic E-state index is 0.0717. The summed E-state index contributed by atoms with van der Waals surface area (Å²) in [4.78, 5) is 16.5. The fourth-order valence-corrected chi connectivity index (χ4v) is 5.05. The number of rotatable bonds is 7. The summed E-state index contributed by atoms with van der Waals surface area (Å²) in [5, 5.41) is 9.20. The summed E-state index contributed by atoms with van der Waals surface area (Å²) in [5.74, 6) is 0.766. The summed E-state index contributed by atoms with van der Waals surface area (Å²) >= 11 is 0. The van der Waals surface area contributed by atoms with Crippen molar-refractivity contribution in [3.8, 4) is 11.8 Å². The van der Waals surface area contributed by atoms with Crippen LogP contribution in [0.5, 0.6) is 5.75 Å². The first-order valence-corrected chi connectivity index (χ1v) is 12.2. The Morgan fingerprint density at radius 2 is 1.71 bits per heavy atom. The Hall–Kier alpha value is -4.03. The quantitative estimate of drug-likeness (QED) is 0.551. The van der Waals surface area contributed by atoms with Gasteiger partial charge in [-0.2, -0.15) is 5.26 Å². The molecule has 1 fully saturated rings. The van der Waals surface area contributed by atoms with Crippen molar-refractivity contribution in [3.05, 3.63) is 83.9 Å². The van der Waals surface area contributed by atoms with Gasteiger partial charge in [0.05, 0.1) is 12.7 Å². The van der Waals surface area contributed by atoms with E-state index in [1.807, 2.05) is 30.3 Å². The topological polar surface area (TPSA) is 103 Å². The number of hydrogen-bond donors (Lipinski definition) is 1. The molecule has 1 heterocycles. The molecule has 0 aromatic heterocycles. The number of anilines is 2. The highest BCUT2D eigenvalue weighted by atomic mass is 32.2. The molecule has 0 radical (unpaired) electrons. The molecule has 0 spiro atoms. The smallest absolute Gasteiger partial charge is 0.324 e. The summed E-state index contributed by atoms with van der Waals surface area (Å²) in [7, 11) is -2.31. The van der Waals surface area contributed by atoms with E-state index in [0.717, 1.165) is 17.7 Å². The van der Waals surface area contributed by atoms with Crippen molar-refractivity contribution in [1.82, 2.24) is 4.90 Å². The van der Waals surface area contributed by atoms with Gasteiger partial charge in [0.25, 0.3) is 10.0 Å². The SMILES string of the molecule is COc1ccc(CN2CCCN(c3ccc(NS(=O)(=O)c4ccccc4C#N)cc3)C2=O)cc1. The van der Waals surface area contributed by atoms with E-state index in [9.17, 15) is 18.5 Å². The Kier molecular flexibility index (Phi) is 6.70. The summed E-state index contributed by atoms with van der Waals surface area (Å²) in [6, 6.07) is 22.1. The lowest BCUT2D eigenvalue weighted by Crippen LogP contribution is -2.49. The molecule has 1 N–H and O–H groups in total. The summed E-state index contributed by atoms with van der Waals surface area (Å²) < 4.78 is 33.2. The predicted molar refractivity (Wildman–Crippen MR) is 129 cm³/mol. The molecule has 8 nitrogen and oxygen atoms in total. The molecule has 1 saturated heterocycles. The van der Waals surface area contributed by atoms with Crippen LogP contribution in [0.25, 0.3) is 0 Å². The molecule has 0 unspecified atom stereocenters. The lowest BCUT2D eigenvalue weighted by molar-refractivity contribution is 0.192. The van der Waals surface area contributed by atoms with Crippen LogP contribution in [0, 0.1) is 11.3 Å². The number of nitrogens with zero attached hydrogens (tertiary/aromatic N) is 3. The van der Waals surface area contributed by atoms with E-state index in [2.05, 4.69) is 4.72 Å². The van der Waals surface area contributed by atoms with Crippen LogP contribution < -0.4 is 14.4 Å². The molecule has 0 bridgehead atoms. The highest BCUT2D eigenvalue weighted by Gasteiger charge is 2.27. The maximum Gasteiger partial charge on any atom is 0.324 e. The van der Waals surface area contributed by atoms with E-state index in [4.69, 9.17) is 4.74 Å². The van der Waals surface area contributed by atoms with Crippen molar-refractivity contribution in [2.75, 3.05) is 29.8 Å². The Morgan fingerprint density at radius 3 is 2.38 bits per heavy atom. The van der Waals surface area contributed by atoms with Crippen molar-refractivity contribution in [2.24, 2.45) is 0 Å². The van der Waals surface area contributed by atoms with Crippen LogP contribution in [0.3, 0.4) is 0 Å². The van der Waals surface area contributed by atoms with Crippen LogP contribution in [-0.2, 0) is 16.6 Å². The number of carbonyl (C=O) groups excluding carboxylic acids is 1. The van der Waals surface area contributed by atoms with Crippen molar-refractivity contribution < 1.29 is 17.9 Å². The van der Waals surface area contributed by atoms with Gasteiger partial charge >= 0.3 is 6.03 Å². The minimum Gasteiger partial charge on any atom is -0.497 e. The number of benzene rings is 3. The third-order valence-electron chi connectivity index (χ3n) is 5.57. The van der Waals surface area contributed by atoms with Crippen LogP contribution >= 0.6 is 0 Å². The van der Waals surface area contributed by atoms with Gasteiger partial charge in [-0.15, -0.1) is 0 Å². The highest BCUT2D eigenvalue weighted by molar-refractivity contribution is 7.92. The van der Waals surface area contributed by atoms with Crippen LogP contribution in [0.1, 0.15) is 17.5 Å². The maximum atomic E-state index is 13.1. The number of carbonyl (C=O) groups is 1.